The maximum Gasteiger partial charge on any atom is 0.211 e. The summed E-state index contributed by atoms with van der Waals surface area (Å²) in [4.78, 5) is 6.52. The number of hydrogen-bond acceptors (Lipinski definition) is 6. The van der Waals surface area contributed by atoms with Gasteiger partial charge in [-0.05, 0) is 17.7 Å². The molecular weight excluding hydrogens is 308 g/mol. The summed E-state index contributed by atoms with van der Waals surface area (Å²) in [5, 5.41) is 0.587. The number of nitrogens with zero attached hydrogens (tertiary/aromatic N) is 3. The van der Waals surface area contributed by atoms with Gasteiger partial charge in [0.2, 0.25) is 10.0 Å². The summed E-state index contributed by atoms with van der Waals surface area (Å²) < 4.78 is 25.6. The Hall–Kier alpha value is -1.22. The van der Waals surface area contributed by atoms with E-state index in [4.69, 9.17) is 5.73 Å². The number of sulfonamides is 1. The molecule has 0 amide bonds. The van der Waals surface area contributed by atoms with Crippen molar-refractivity contribution >= 4 is 36.7 Å². The van der Waals surface area contributed by atoms with Gasteiger partial charge in [0.1, 0.15) is 0 Å². The molecular formula is C13H18N4O2S2. The zero-order valence-electron chi connectivity index (χ0n) is 11.8. The molecule has 8 heteroatoms. The van der Waals surface area contributed by atoms with E-state index in [0.29, 0.717) is 18.2 Å². The SMILES string of the molecule is CS(=O)(=O)N1CCN(Cc2ccc3nc(N)sc3c2)CC1. The summed E-state index contributed by atoms with van der Waals surface area (Å²) in [5.74, 6) is 0. The summed E-state index contributed by atoms with van der Waals surface area (Å²) in [6.45, 7) is 3.47. The Balaban J connectivity index is 1.66. The zero-order chi connectivity index (χ0) is 15.0. The predicted molar refractivity (Wildman–Crippen MR) is 85.7 cm³/mol. The highest BCUT2D eigenvalue weighted by molar-refractivity contribution is 7.88. The lowest BCUT2D eigenvalue weighted by molar-refractivity contribution is 0.182. The molecule has 2 aromatic rings. The fourth-order valence-electron chi connectivity index (χ4n) is 2.56. The second-order valence-electron chi connectivity index (χ2n) is 5.29. The van der Waals surface area contributed by atoms with Gasteiger partial charge in [-0.3, -0.25) is 4.90 Å². The first-order valence-electron chi connectivity index (χ1n) is 6.74. The fourth-order valence-corrected chi connectivity index (χ4v) is 4.19. The molecule has 6 nitrogen and oxygen atoms in total. The average Bonchev–Trinajstić information content (AvgIpc) is 2.78. The number of hydrogen-bond donors (Lipinski definition) is 1. The summed E-state index contributed by atoms with van der Waals surface area (Å²) >= 11 is 1.49. The zero-order valence-corrected chi connectivity index (χ0v) is 13.5. The third-order valence-electron chi connectivity index (χ3n) is 3.68. The van der Waals surface area contributed by atoms with Gasteiger partial charge in [-0.1, -0.05) is 17.4 Å². The Morgan fingerprint density at radius 2 is 2.00 bits per heavy atom. The van der Waals surface area contributed by atoms with Gasteiger partial charge in [0, 0.05) is 32.7 Å². The lowest BCUT2D eigenvalue weighted by atomic mass is 10.2. The van der Waals surface area contributed by atoms with Crippen molar-refractivity contribution in [2.24, 2.45) is 0 Å². The molecule has 0 aliphatic carbocycles. The largest absolute Gasteiger partial charge is 0.375 e. The molecule has 114 valence electrons. The highest BCUT2D eigenvalue weighted by Gasteiger charge is 2.23. The van der Waals surface area contributed by atoms with Crippen LogP contribution >= 0.6 is 11.3 Å². The smallest absolute Gasteiger partial charge is 0.211 e. The molecule has 1 saturated heterocycles. The molecule has 1 fully saturated rings. The Kier molecular flexibility index (Phi) is 3.87. The van der Waals surface area contributed by atoms with E-state index in [-0.39, 0.29) is 0 Å². The van der Waals surface area contributed by atoms with E-state index in [1.165, 1.54) is 27.5 Å². The molecule has 1 aromatic heterocycles. The third-order valence-corrected chi connectivity index (χ3v) is 5.83. The van der Waals surface area contributed by atoms with Crippen LogP contribution in [0.3, 0.4) is 0 Å². The van der Waals surface area contributed by atoms with Gasteiger partial charge in [0.25, 0.3) is 0 Å². The molecule has 2 heterocycles. The topological polar surface area (TPSA) is 79.5 Å². The number of aromatic nitrogens is 1. The molecule has 3 rings (SSSR count). The van der Waals surface area contributed by atoms with Gasteiger partial charge in [-0.15, -0.1) is 0 Å². The molecule has 0 spiro atoms. The van der Waals surface area contributed by atoms with Gasteiger partial charge in [0.05, 0.1) is 16.5 Å². The summed E-state index contributed by atoms with van der Waals surface area (Å²) in [5.41, 5.74) is 7.86. The van der Waals surface area contributed by atoms with Crippen LogP contribution in [0.4, 0.5) is 5.13 Å². The third kappa shape index (κ3) is 3.34. The van der Waals surface area contributed by atoms with E-state index in [2.05, 4.69) is 22.0 Å². The van der Waals surface area contributed by atoms with E-state index in [1.54, 1.807) is 0 Å². The van der Waals surface area contributed by atoms with E-state index in [9.17, 15) is 8.42 Å². The van der Waals surface area contributed by atoms with Crippen LogP contribution in [-0.4, -0.2) is 55.0 Å². The number of thiazole rings is 1. The van der Waals surface area contributed by atoms with E-state index in [1.807, 2.05) is 6.07 Å². The van der Waals surface area contributed by atoms with Crippen LogP contribution in [0.5, 0.6) is 0 Å². The number of rotatable bonds is 3. The summed E-state index contributed by atoms with van der Waals surface area (Å²) in [7, 11) is -3.06. The van der Waals surface area contributed by atoms with E-state index < -0.39 is 10.0 Å². The van der Waals surface area contributed by atoms with Crippen LogP contribution < -0.4 is 5.73 Å². The van der Waals surface area contributed by atoms with Crippen LogP contribution in [0, 0.1) is 0 Å². The van der Waals surface area contributed by atoms with Gasteiger partial charge in [0.15, 0.2) is 5.13 Å². The summed E-state index contributed by atoms with van der Waals surface area (Å²) in [6, 6.07) is 6.17. The first-order chi connectivity index (χ1) is 9.91. The van der Waals surface area contributed by atoms with Crippen molar-refractivity contribution in [3.63, 3.8) is 0 Å². The monoisotopic (exact) mass is 326 g/mol. The molecule has 21 heavy (non-hydrogen) atoms. The molecule has 1 aliphatic rings. The van der Waals surface area contributed by atoms with Crippen molar-refractivity contribution in [3.05, 3.63) is 23.8 Å². The Labute approximate surface area is 128 Å². The second kappa shape index (κ2) is 5.53. The maximum absolute atomic E-state index is 11.5. The highest BCUT2D eigenvalue weighted by Crippen LogP contribution is 2.25. The lowest BCUT2D eigenvalue weighted by Crippen LogP contribution is -2.47. The quantitative estimate of drug-likeness (QED) is 0.908. The van der Waals surface area contributed by atoms with Crippen molar-refractivity contribution in [1.82, 2.24) is 14.2 Å². The first kappa shape index (κ1) is 14.7. The molecule has 2 N–H and O–H groups in total. The molecule has 1 aliphatic heterocycles. The van der Waals surface area contributed by atoms with Gasteiger partial charge < -0.3 is 5.73 Å². The van der Waals surface area contributed by atoms with Crippen LogP contribution in [0.1, 0.15) is 5.56 Å². The minimum Gasteiger partial charge on any atom is -0.375 e. The fraction of sp³-hybridized carbons (Fsp3) is 0.462. The number of piperazine rings is 1. The minimum absolute atomic E-state index is 0.564. The molecule has 0 atom stereocenters. The maximum atomic E-state index is 11.5. The molecule has 0 radical (unpaired) electrons. The van der Waals surface area contributed by atoms with Crippen molar-refractivity contribution in [3.8, 4) is 0 Å². The molecule has 0 saturated carbocycles. The predicted octanol–water partition coefficient (Wildman–Crippen LogP) is 0.956. The van der Waals surface area contributed by atoms with Gasteiger partial charge in [-0.2, -0.15) is 4.31 Å². The van der Waals surface area contributed by atoms with E-state index >= 15 is 0 Å². The number of anilines is 1. The number of nitrogen functional groups attached to an aromatic ring is 1. The average molecular weight is 326 g/mol. The van der Waals surface area contributed by atoms with Crippen molar-refractivity contribution in [1.29, 1.82) is 0 Å². The molecule has 0 bridgehead atoms. The molecule has 0 unspecified atom stereocenters. The van der Waals surface area contributed by atoms with Crippen molar-refractivity contribution in [2.75, 3.05) is 38.2 Å². The Morgan fingerprint density at radius 3 is 2.67 bits per heavy atom. The highest BCUT2D eigenvalue weighted by atomic mass is 32.2. The van der Waals surface area contributed by atoms with Gasteiger partial charge in [-0.25, -0.2) is 13.4 Å². The van der Waals surface area contributed by atoms with Crippen LogP contribution in [-0.2, 0) is 16.6 Å². The van der Waals surface area contributed by atoms with Crippen LogP contribution in [0.15, 0.2) is 18.2 Å². The second-order valence-corrected chi connectivity index (χ2v) is 8.34. The van der Waals surface area contributed by atoms with Crippen molar-refractivity contribution in [2.45, 2.75) is 6.54 Å². The number of benzene rings is 1. The number of fused-ring (bicyclic) bond motifs is 1. The normalized spacial score (nSPS) is 18.3. The van der Waals surface area contributed by atoms with Crippen LogP contribution in [0.25, 0.3) is 10.2 Å². The minimum atomic E-state index is -3.06. The Bertz CT molecular complexity index is 749. The molecule has 1 aromatic carbocycles. The Morgan fingerprint density at radius 1 is 1.29 bits per heavy atom. The number of nitrogens with two attached hydrogens (primary N) is 1. The van der Waals surface area contributed by atoms with Crippen molar-refractivity contribution < 1.29 is 8.42 Å². The van der Waals surface area contributed by atoms with E-state index in [0.717, 1.165) is 29.9 Å². The lowest BCUT2D eigenvalue weighted by Gasteiger charge is -2.33. The first-order valence-corrected chi connectivity index (χ1v) is 9.41. The van der Waals surface area contributed by atoms with Gasteiger partial charge >= 0.3 is 0 Å². The van der Waals surface area contributed by atoms with Crippen LogP contribution in [0.2, 0.25) is 0 Å². The standard InChI is InChI=1S/C13H18N4O2S2/c1-21(18,19)17-6-4-16(5-7-17)9-10-2-3-11-12(8-10)20-13(14)15-11/h2-3,8H,4-7,9H2,1H3,(H2,14,15). The summed E-state index contributed by atoms with van der Waals surface area (Å²) in [6.07, 6.45) is 1.27.